The molecule has 21 heavy (non-hydrogen) atoms. The van der Waals surface area contributed by atoms with Gasteiger partial charge in [0.2, 0.25) is 0 Å². The first-order valence-electron chi connectivity index (χ1n) is 7.88. The Morgan fingerprint density at radius 2 is 1.90 bits per heavy atom. The Bertz CT molecular complexity index is 583. The van der Waals surface area contributed by atoms with E-state index in [4.69, 9.17) is 10.7 Å². The van der Waals surface area contributed by atoms with Crippen LogP contribution in [0.4, 0.5) is 5.82 Å². The zero-order valence-corrected chi connectivity index (χ0v) is 13.9. The average molecular weight is 288 g/mol. The molecule has 116 valence electrons. The van der Waals surface area contributed by atoms with Crippen LogP contribution < -0.4 is 10.6 Å². The Hall–Kier alpha value is -1.55. The molecule has 4 heteroatoms. The van der Waals surface area contributed by atoms with Crippen molar-refractivity contribution in [2.24, 2.45) is 11.7 Å². The first-order valence-corrected chi connectivity index (χ1v) is 7.88. The van der Waals surface area contributed by atoms with Crippen LogP contribution in [0.1, 0.15) is 40.3 Å². The fourth-order valence-electron chi connectivity index (χ4n) is 2.69. The summed E-state index contributed by atoms with van der Waals surface area (Å²) in [7, 11) is 0. The maximum Gasteiger partial charge on any atom is 0.151 e. The average Bonchev–Trinajstić information content (AvgIpc) is 2.74. The zero-order chi connectivity index (χ0) is 15.6. The second kappa shape index (κ2) is 6.48. The molecule has 0 fully saturated rings. The minimum Gasteiger partial charge on any atom is -0.352 e. The van der Waals surface area contributed by atoms with Gasteiger partial charge in [-0.2, -0.15) is 0 Å². The van der Waals surface area contributed by atoms with Gasteiger partial charge in [0.25, 0.3) is 0 Å². The van der Waals surface area contributed by atoms with Crippen LogP contribution in [0.25, 0.3) is 5.65 Å². The van der Waals surface area contributed by atoms with Crippen LogP contribution in [0.3, 0.4) is 0 Å². The van der Waals surface area contributed by atoms with Crippen LogP contribution in [0, 0.1) is 5.92 Å². The van der Waals surface area contributed by atoms with Crippen molar-refractivity contribution < 1.29 is 0 Å². The van der Waals surface area contributed by atoms with Crippen molar-refractivity contribution in [1.82, 2.24) is 9.38 Å². The van der Waals surface area contributed by atoms with E-state index in [2.05, 4.69) is 49.3 Å². The molecule has 4 nitrogen and oxygen atoms in total. The molecular weight excluding hydrogens is 260 g/mol. The lowest BCUT2D eigenvalue weighted by atomic mass is 10.1. The van der Waals surface area contributed by atoms with Gasteiger partial charge in [-0.25, -0.2) is 4.98 Å². The number of hydrogen-bond acceptors (Lipinski definition) is 3. The molecule has 0 radical (unpaired) electrons. The van der Waals surface area contributed by atoms with Crippen molar-refractivity contribution >= 4 is 11.5 Å². The van der Waals surface area contributed by atoms with Gasteiger partial charge in [-0.05, 0) is 38.8 Å². The first-order chi connectivity index (χ1) is 9.90. The molecule has 0 aliphatic rings. The Balaban J connectivity index is 2.54. The molecule has 1 unspecified atom stereocenters. The Morgan fingerprint density at radius 1 is 1.19 bits per heavy atom. The minimum absolute atomic E-state index is 0.122. The van der Waals surface area contributed by atoms with Crippen LogP contribution in [-0.4, -0.2) is 28.0 Å². The van der Waals surface area contributed by atoms with Gasteiger partial charge in [-0.15, -0.1) is 0 Å². The SMILES string of the molecule is CC(C)CN(c1nc2ccccn2c1CC(C)N)C(C)C. The standard InChI is InChI=1S/C17H28N4/c1-12(2)11-21(13(3)4)17-15(10-14(5)18)20-9-7-6-8-16(20)19-17/h6-9,12-14H,10-11,18H2,1-5H3. The van der Waals surface area contributed by atoms with Gasteiger partial charge in [-0.3, -0.25) is 0 Å². The summed E-state index contributed by atoms with van der Waals surface area (Å²) in [5.74, 6) is 1.68. The summed E-state index contributed by atoms with van der Waals surface area (Å²) in [5, 5.41) is 0. The van der Waals surface area contributed by atoms with Crippen LogP contribution in [0.2, 0.25) is 0 Å². The highest BCUT2D eigenvalue weighted by Crippen LogP contribution is 2.25. The van der Waals surface area contributed by atoms with E-state index in [9.17, 15) is 0 Å². The number of nitrogens with zero attached hydrogens (tertiary/aromatic N) is 3. The smallest absolute Gasteiger partial charge is 0.151 e. The number of fused-ring (bicyclic) bond motifs is 1. The van der Waals surface area contributed by atoms with Crippen molar-refractivity contribution in [1.29, 1.82) is 0 Å². The summed E-state index contributed by atoms with van der Waals surface area (Å²) in [6, 6.07) is 6.68. The monoisotopic (exact) mass is 288 g/mol. The maximum atomic E-state index is 6.06. The summed E-state index contributed by atoms with van der Waals surface area (Å²) >= 11 is 0. The molecule has 2 heterocycles. The first kappa shape index (κ1) is 15.8. The van der Waals surface area contributed by atoms with Crippen LogP contribution in [0.5, 0.6) is 0 Å². The van der Waals surface area contributed by atoms with E-state index in [0.717, 1.165) is 24.4 Å². The fraction of sp³-hybridized carbons (Fsp3) is 0.588. The lowest BCUT2D eigenvalue weighted by Crippen LogP contribution is -2.35. The molecule has 1 atom stereocenters. The Morgan fingerprint density at radius 3 is 2.48 bits per heavy atom. The number of anilines is 1. The quantitative estimate of drug-likeness (QED) is 0.888. The van der Waals surface area contributed by atoms with Gasteiger partial charge in [0, 0.05) is 31.2 Å². The lowest BCUT2D eigenvalue weighted by molar-refractivity contribution is 0.563. The van der Waals surface area contributed by atoms with Gasteiger partial charge in [0.05, 0.1) is 5.69 Å². The second-order valence-corrected chi connectivity index (χ2v) is 6.63. The zero-order valence-electron chi connectivity index (χ0n) is 13.9. The Labute approximate surface area is 128 Å². The molecule has 0 aliphatic heterocycles. The van der Waals surface area contributed by atoms with Crippen molar-refractivity contribution in [2.45, 2.75) is 53.1 Å². The number of hydrogen-bond donors (Lipinski definition) is 1. The predicted molar refractivity (Wildman–Crippen MR) is 89.9 cm³/mol. The molecule has 0 aromatic carbocycles. The molecule has 0 spiro atoms. The molecule has 2 aromatic heterocycles. The molecular formula is C17H28N4. The topological polar surface area (TPSA) is 46.6 Å². The molecule has 0 aliphatic carbocycles. The molecule has 0 saturated heterocycles. The third kappa shape index (κ3) is 3.56. The molecule has 0 amide bonds. The normalized spacial score (nSPS) is 13.3. The highest BCUT2D eigenvalue weighted by atomic mass is 15.2. The lowest BCUT2D eigenvalue weighted by Gasteiger charge is -2.30. The van der Waals surface area contributed by atoms with Crippen LogP contribution in [0.15, 0.2) is 24.4 Å². The van der Waals surface area contributed by atoms with Gasteiger partial charge in [-0.1, -0.05) is 19.9 Å². The van der Waals surface area contributed by atoms with E-state index in [1.807, 2.05) is 19.1 Å². The molecule has 2 aromatic rings. The predicted octanol–water partition coefficient (Wildman–Crippen LogP) is 3.09. The highest BCUT2D eigenvalue weighted by molar-refractivity contribution is 5.56. The van der Waals surface area contributed by atoms with E-state index in [1.54, 1.807) is 0 Å². The third-order valence-corrected chi connectivity index (χ3v) is 3.58. The van der Waals surface area contributed by atoms with E-state index in [0.29, 0.717) is 12.0 Å². The van der Waals surface area contributed by atoms with E-state index in [1.165, 1.54) is 5.69 Å². The van der Waals surface area contributed by atoms with E-state index in [-0.39, 0.29) is 6.04 Å². The Kier molecular flexibility index (Phi) is 4.88. The van der Waals surface area contributed by atoms with Crippen molar-refractivity contribution in [3.05, 3.63) is 30.1 Å². The highest BCUT2D eigenvalue weighted by Gasteiger charge is 2.21. The second-order valence-electron chi connectivity index (χ2n) is 6.63. The number of rotatable bonds is 6. The molecule has 0 bridgehead atoms. The van der Waals surface area contributed by atoms with Crippen LogP contribution >= 0.6 is 0 Å². The maximum absolute atomic E-state index is 6.06. The summed E-state index contributed by atoms with van der Waals surface area (Å²) in [6.07, 6.45) is 2.92. The van der Waals surface area contributed by atoms with Crippen molar-refractivity contribution in [3.63, 3.8) is 0 Å². The van der Waals surface area contributed by atoms with E-state index >= 15 is 0 Å². The number of imidazole rings is 1. The number of nitrogens with two attached hydrogens (primary N) is 1. The van der Waals surface area contributed by atoms with Gasteiger partial charge in [0.15, 0.2) is 5.82 Å². The van der Waals surface area contributed by atoms with Gasteiger partial charge < -0.3 is 15.0 Å². The molecule has 2 N–H and O–H groups in total. The summed E-state index contributed by atoms with van der Waals surface area (Å²) < 4.78 is 2.17. The largest absolute Gasteiger partial charge is 0.352 e. The minimum atomic E-state index is 0.122. The third-order valence-electron chi connectivity index (χ3n) is 3.58. The summed E-state index contributed by atoms with van der Waals surface area (Å²) in [5.41, 5.74) is 8.28. The number of aromatic nitrogens is 2. The van der Waals surface area contributed by atoms with Gasteiger partial charge >= 0.3 is 0 Å². The summed E-state index contributed by atoms with van der Waals surface area (Å²) in [4.78, 5) is 7.27. The molecule has 2 rings (SSSR count). The van der Waals surface area contributed by atoms with Gasteiger partial charge in [0.1, 0.15) is 5.65 Å². The van der Waals surface area contributed by atoms with Crippen molar-refractivity contribution in [2.75, 3.05) is 11.4 Å². The number of pyridine rings is 1. The molecule has 0 saturated carbocycles. The van der Waals surface area contributed by atoms with Crippen molar-refractivity contribution in [3.8, 4) is 0 Å². The van der Waals surface area contributed by atoms with E-state index < -0.39 is 0 Å². The fourth-order valence-corrected chi connectivity index (χ4v) is 2.69. The summed E-state index contributed by atoms with van der Waals surface area (Å²) in [6.45, 7) is 12.0. The van der Waals surface area contributed by atoms with Crippen LogP contribution in [-0.2, 0) is 6.42 Å².